The fraction of sp³-hybridized carbons (Fsp3) is 1.00. The van der Waals surface area contributed by atoms with Gasteiger partial charge in [-0.05, 0) is 37.3 Å². The van der Waals surface area contributed by atoms with Gasteiger partial charge < -0.3 is 5.32 Å². The number of rotatable bonds is 0. The minimum Gasteiger partial charge on any atom is -0.317 e. The molecular weight excluding hydrogens is 170 g/mol. The van der Waals surface area contributed by atoms with Crippen molar-refractivity contribution in [2.45, 2.75) is 61.3 Å². The van der Waals surface area contributed by atoms with Crippen LogP contribution in [0.5, 0.6) is 0 Å². The average Bonchev–Trinajstić information content (AvgIpc) is 2.24. The summed E-state index contributed by atoms with van der Waals surface area (Å²) in [5, 5.41) is 3.39. The molecule has 0 unspecified atom stereocenters. The molecule has 1 fully saturated rings. The fourth-order valence-electron chi connectivity index (χ4n) is 1.69. The second kappa shape index (κ2) is 9.51. The molecule has 0 aromatic rings. The van der Waals surface area contributed by atoms with Crippen LogP contribution in [-0.2, 0) is 0 Å². The number of hydrogen-bond acceptors (Lipinski definition) is 1. The first-order valence-corrected chi connectivity index (χ1v) is 6.31. The van der Waals surface area contributed by atoms with E-state index < -0.39 is 0 Å². The van der Waals surface area contributed by atoms with Crippen molar-refractivity contribution in [1.29, 1.82) is 0 Å². The van der Waals surface area contributed by atoms with E-state index >= 15 is 0 Å². The van der Waals surface area contributed by atoms with Crippen molar-refractivity contribution in [2.24, 2.45) is 11.3 Å². The summed E-state index contributed by atoms with van der Waals surface area (Å²) in [7, 11) is 0. The summed E-state index contributed by atoms with van der Waals surface area (Å²) in [6.45, 7) is 17.5. The van der Waals surface area contributed by atoms with E-state index in [1.807, 2.05) is 27.7 Å². The van der Waals surface area contributed by atoms with Gasteiger partial charge in [0.25, 0.3) is 0 Å². The monoisotopic (exact) mass is 201 g/mol. The van der Waals surface area contributed by atoms with E-state index in [-0.39, 0.29) is 0 Å². The zero-order valence-electron chi connectivity index (χ0n) is 11.4. The average molecular weight is 201 g/mol. The predicted octanol–water partition coefficient (Wildman–Crippen LogP) is 4.08. The van der Waals surface area contributed by atoms with Gasteiger partial charge in [-0.3, -0.25) is 0 Å². The summed E-state index contributed by atoms with van der Waals surface area (Å²) < 4.78 is 0. The van der Waals surface area contributed by atoms with Crippen LogP contribution in [0.25, 0.3) is 0 Å². The highest BCUT2D eigenvalue weighted by Crippen LogP contribution is 2.32. The van der Waals surface area contributed by atoms with Crippen molar-refractivity contribution in [3.63, 3.8) is 0 Å². The third kappa shape index (κ3) is 7.37. The smallest absolute Gasteiger partial charge is 0.00461 e. The van der Waals surface area contributed by atoms with Crippen LogP contribution in [0.1, 0.15) is 61.3 Å². The minimum absolute atomic E-state index is 0.530. The highest BCUT2D eigenvalue weighted by molar-refractivity contribution is 4.78. The lowest BCUT2D eigenvalue weighted by molar-refractivity contribution is 0.188. The molecule has 0 saturated carbocycles. The van der Waals surface area contributed by atoms with Gasteiger partial charge >= 0.3 is 0 Å². The van der Waals surface area contributed by atoms with Crippen LogP contribution in [-0.4, -0.2) is 13.1 Å². The highest BCUT2D eigenvalue weighted by Gasteiger charge is 2.25. The fourth-order valence-corrected chi connectivity index (χ4v) is 1.69. The number of hydrogen-bond donors (Lipinski definition) is 1. The molecule has 1 aliphatic rings. The van der Waals surface area contributed by atoms with Gasteiger partial charge in [-0.25, -0.2) is 0 Å². The molecule has 0 aliphatic carbocycles. The van der Waals surface area contributed by atoms with Crippen LogP contribution >= 0.6 is 0 Å². The Kier molecular flexibility index (Phi) is 11.1. The second-order valence-corrected chi connectivity index (χ2v) is 4.39. The third-order valence-corrected chi connectivity index (χ3v) is 2.56. The van der Waals surface area contributed by atoms with Crippen molar-refractivity contribution >= 4 is 0 Å². The quantitative estimate of drug-likeness (QED) is 0.622. The lowest BCUT2D eigenvalue weighted by Gasteiger charge is -2.34. The third-order valence-electron chi connectivity index (χ3n) is 2.56. The van der Waals surface area contributed by atoms with Crippen LogP contribution in [0.2, 0.25) is 0 Å². The summed E-state index contributed by atoms with van der Waals surface area (Å²) in [5.41, 5.74) is 0.530. The van der Waals surface area contributed by atoms with Gasteiger partial charge in [0.2, 0.25) is 0 Å². The summed E-state index contributed by atoms with van der Waals surface area (Å²) in [5.74, 6) is 0.939. The Morgan fingerprint density at radius 2 is 1.21 bits per heavy atom. The molecule has 14 heavy (non-hydrogen) atoms. The van der Waals surface area contributed by atoms with E-state index in [2.05, 4.69) is 26.1 Å². The normalized spacial score (nSPS) is 17.4. The molecule has 0 spiro atoms. The Hall–Kier alpha value is -0.0400. The molecule has 0 radical (unpaired) electrons. The van der Waals surface area contributed by atoms with E-state index in [4.69, 9.17) is 0 Å². The van der Waals surface area contributed by atoms with E-state index in [0.717, 1.165) is 5.92 Å². The van der Waals surface area contributed by atoms with Crippen LogP contribution in [0.4, 0.5) is 0 Å². The van der Waals surface area contributed by atoms with Crippen molar-refractivity contribution in [1.82, 2.24) is 5.32 Å². The lowest BCUT2D eigenvalue weighted by Crippen LogP contribution is -2.34. The SMILES string of the molecule is CC.CC.CC(C)(C)C1CCNCC1. The number of nitrogens with one attached hydrogen (secondary N) is 1. The molecule has 1 heterocycles. The molecule has 1 saturated heterocycles. The van der Waals surface area contributed by atoms with Gasteiger partial charge in [0.05, 0.1) is 0 Å². The molecule has 1 N–H and O–H groups in total. The van der Waals surface area contributed by atoms with Crippen molar-refractivity contribution in [2.75, 3.05) is 13.1 Å². The first-order valence-electron chi connectivity index (χ1n) is 6.31. The minimum atomic E-state index is 0.530. The maximum Gasteiger partial charge on any atom is -0.00461 e. The molecule has 88 valence electrons. The molecule has 1 aliphatic heterocycles. The molecule has 1 heteroatoms. The Balaban J connectivity index is 0. The van der Waals surface area contributed by atoms with Gasteiger partial charge in [-0.15, -0.1) is 0 Å². The zero-order chi connectivity index (χ0) is 11.6. The standard InChI is InChI=1S/C9H19N.2C2H6/c1-9(2,3)8-4-6-10-7-5-8;2*1-2/h8,10H,4-7H2,1-3H3;2*1-2H3. The van der Waals surface area contributed by atoms with Crippen LogP contribution < -0.4 is 5.32 Å². The molecule has 0 amide bonds. The largest absolute Gasteiger partial charge is 0.317 e. The first kappa shape index (κ1) is 16.4. The molecule has 0 atom stereocenters. The Labute approximate surface area is 91.7 Å². The summed E-state index contributed by atoms with van der Waals surface area (Å²) in [4.78, 5) is 0. The van der Waals surface area contributed by atoms with Crippen molar-refractivity contribution < 1.29 is 0 Å². The van der Waals surface area contributed by atoms with E-state index in [1.165, 1.54) is 25.9 Å². The predicted molar refractivity (Wildman–Crippen MR) is 67.7 cm³/mol. The van der Waals surface area contributed by atoms with Crippen LogP contribution in [0, 0.1) is 11.3 Å². The molecular formula is C13H31N. The molecule has 0 aromatic heterocycles. The summed E-state index contributed by atoms with van der Waals surface area (Å²) in [6, 6.07) is 0. The second-order valence-electron chi connectivity index (χ2n) is 4.39. The van der Waals surface area contributed by atoms with E-state index in [0.29, 0.717) is 5.41 Å². The Bertz CT molecular complexity index is 96.3. The zero-order valence-corrected chi connectivity index (χ0v) is 11.4. The first-order chi connectivity index (χ1) is 6.61. The van der Waals surface area contributed by atoms with E-state index in [1.54, 1.807) is 0 Å². The van der Waals surface area contributed by atoms with Gasteiger partial charge in [0.15, 0.2) is 0 Å². The van der Waals surface area contributed by atoms with Crippen LogP contribution in [0.15, 0.2) is 0 Å². The topological polar surface area (TPSA) is 12.0 Å². The van der Waals surface area contributed by atoms with Gasteiger partial charge in [-0.2, -0.15) is 0 Å². The summed E-state index contributed by atoms with van der Waals surface area (Å²) in [6.07, 6.45) is 2.73. The lowest BCUT2D eigenvalue weighted by atomic mass is 9.76. The molecule has 0 bridgehead atoms. The summed E-state index contributed by atoms with van der Waals surface area (Å²) >= 11 is 0. The van der Waals surface area contributed by atoms with Crippen molar-refractivity contribution in [3.8, 4) is 0 Å². The maximum atomic E-state index is 3.39. The maximum absolute atomic E-state index is 3.39. The molecule has 0 aromatic carbocycles. The van der Waals surface area contributed by atoms with Crippen LogP contribution in [0.3, 0.4) is 0 Å². The molecule has 1 nitrogen and oxygen atoms in total. The van der Waals surface area contributed by atoms with Gasteiger partial charge in [-0.1, -0.05) is 48.5 Å². The Morgan fingerprint density at radius 1 is 0.857 bits per heavy atom. The molecule has 1 rings (SSSR count). The van der Waals surface area contributed by atoms with Gasteiger partial charge in [0.1, 0.15) is 0 Å². The van der Waals surface area contributed by atoms with Crippen molar-refractivity contribution in [3.05, 3.63) is 0 Å². The number of piperidine rings is 1. The van der Waals surface area contributed by atoms with Gasteiger partial charge in [0, 0.05) is 0 Å². The highest BCUT2D eigenvalue weighted by atomic mass is 14.9. The Morgan fingerprint density at radius 3 is 1.43 bits per heavy atom. The van der Waals surface area contributed by atoms with E-state index in [9.17, 15) is 0 Å².